The second-order valence-electron chi connectivity index (χ2n) is 4.26. The highest BCUT2D eigenvalue weighted by molar-refractivity contribution is 7.99. The number of amides is 2. The number of hydrogen-bond donors (Lipinski definition) is 0. The van der Waals surface area contributed by atoms with Gasteiger partial charge in [0.1, 0.15) is 0 Å². The molecule has 0 aromatic carbocycles. The fourth-order valence-electron chi connectivity index (χ4n) is 2.13. The van der Waals surface area contributed by atoms with E-state index in [1.165, 1.54) is 6.42 Å². The van der Waals surface area contributed by atoms with Gasteiger partial charge in [0.25, 0.3) is 0 Å². The van der Waals surface area contributed by atoms with Crippen molar-refractivity contribution in [3.05, 3.63) is 0 Å². The van der Waals surface area contributed by atoms with E-state index in [0.29, 0.717) is 0 Å². The molecule has 0 aromatic heterocycles. The van der Waals surface area contributed by atoms with Crippen molar-refractivity contribution in [1.82, 2.24) is 9.80 Å². The summed E-state index contributed by atoms with van der Waals surface area (Å²) in [5.41, 5.74) is 0. The minimum atomic E-state index is -0.290. The van der Waals surface area contributed by atoms with Gasteiger partial charge in [-0.2, -0.15) is 11.8 Å². The maximum absolute atomic E-state index is 11.9. The van der Waals surface area contributed by atoms with E-state index in [9.17, 15) is 9.59 Å². The van der Waals surface area contributed by atoms with E-state index < -0.39 is 0 Å². The summed E-state index contributed by atoms with van der Waals surface area (Å²) >= 11 is 1.84. The van der Waals surface area contributed by atoms with E-state index in [4.69, 9.17) is 0 Å². The van der Waals surface area contributed by atoms with Crippen LogP contribution in [0.4, 0.5) is 0 Å². The lowest BCUT2D eigenvalue weighted by atomic mass is 10.1. The van der Waals surface area contributed by atoms with Crippen LogP contribution in [-0.2, 0) is 9.59 Å². The number of likely N-dealkylation sites (tertiary alicyclic amines) is 1. The monoisotopic (exact) mass is 242 g/mol. The number of carbonyl (C=O) groups is 2. The van der Waals surface area contributed by atoms with Gasteiger partial charge in [-0.1, -0.05) is 0 Å². The van der Waals surface area contributed by atoms with Crippen LogP contribution in [-0.4, -0.2) is 59.3 Å². The van der Waals surface area contributed by atoms with Crippen molar-refractivity contribution < 1.29 is 9.59 Å². The van der Waals surface area contributed by atoms with Gasteiger partial charge in [0.15, 0.2) is 0 Å². The molecule has 0 saturated carbocycles. The minimum absolute atomic E-state index is 0.286. The Balaban J connectivity index is 1.89. The smallest absolute Gasteiger partial charge is 0.312 e. The lowest BCUT2D eigenvalue weighted by Gasteiger charge is -2.30. The molecule has 0 N–H and O–H groups in total. The number of hydrogen-bond acceptors (Lipinski definition) is 3. The zero-order chi connectivity index (χ0) is 11.4. The molecule has 2 rings (SSSR count). The number of piperidine rings is 1. The van der Waals surface area contributed by atoms with Gasteiger partial charge in [-0.3, -0.25) is 9.59 Å². The van der Waals surface area contributed by atoms with Crippen molar-refractivity contribution >= 4 is 23.6 Å². The first kappa shape index (κ1) is 11.8. The van der Waals surface area contributed by atoms with Crippen LogP contribution in [0.3, 0.4) is 0 Å². The van der Waals surface area contributed by atoms with Gasteiger partial charge in [-0.25, -0.2) is 0 Å². The largest absolute Gasteiger partial charge is 0.334 e. The SMILES string of the molecule is O=C(C(=O)N1CCSCC1)N1CCCCC1. The third-order valence-electron chi connectivity index (χ3n) is 3.12. The van der Waals surface area contributed by atoms with E-state index in [1.54, 1.807) is 9.80 Å². The molecule has 4 nitrogen and oxygen atoms in total. The van der Waals surface area contributed by atoms with Gasteiger partial charge < -0.3 is 9.80 Å². The Morgan fingerprint density at radius 3 is 1.81 bits per heavy atom. The molecule has 2 aliphatic heterocycles. The van der Waals surface area contributed by atoms with Gasteiger partial charge >= 0.3 is 11.8 Å². The number of thioether (sulfide) groups is 1. The average Bonchev–Trinajstić information content (AvgIpc) is 2.39. The first-order valence-electron chi connectivity index (χ1n) is 5.95. The lowest BCUT2D eigenvalue weighted by molar-refractivity contribution is -0.152. The molecule has 90 valence electrons. The van der Waals surface area contributed by atoms with Crippen LogP contribution in [0.15, 0.2) is 0 Å². The normalized spacial score (nSPS) is 22.0. The standard InChI is InChI=1S/C11H18N2O2S/c14-10(12-4-2-1-3-5-12)11(15)13-6-8-16-9-7-13/h1-9H2. The number of carbonyl (C=O) groups excluding carboxylic acids is 2. The van der Waals surface area contributed by atoms with Gasteiger partial charge in [-0.05, 0) is 19.3 Å². The van der Waals surface area contributed by atoms with Gasteiger partial charge in [0.05, 0.1) is 0 Å². The summed E-state index contributed by atoms with van der Waals surface area (Å²) < 4.78 is 0. The zero-order valence-electron chi connectivity index (χ0n) is 9.48. The van der Waals surface area contributed by atoms with Crippen LogP contribution in [0.1, 0.15) is 19.3 Å². The molecule has 16 heavy (non-hydrogen) atoms. The molecule has 2 amide bonds. The van der Waals surface area contributed by atoms with E-state index in [2.05, 4.69) is 0 Å². The van der Waals surface area contributed by atoms with E-state index >= 15 is 0 Å². The van der Waals surface area contributed by atoms with Gasteiger partial charge in [0, 0.05) is 37.7 Å². The summed E-state index contributed by atoms with van der Waals surface area (Å²) in [4.78, 5) is 27.3. The molecular formula is C11H18N2O2S. The van der Waals surface area contributed by atoms with Gasteiger partial charge in [0.2, 0.25) is 0 Å². The number of rotatable bonds is 0. The Hall–Kier alpha value is -0.710. The van der Waals surface area contributed by atoms with Crippen molar-refractivity contribution in [1.29, 1.82) is 0 Å². The molecular weight excluding hydrogens is 224 g/mol. The Morgan fingerprint density at radius 1 is 0.750 bits per heavy atom. The molecule has 2 heterocycles. The summed E-state index contributed by atoms with van der Waals surface area (Å²) in [5, 5.41) is 0. The molecule has 0 bridgehead atoms. The van der Waals surface area contributed by atoms with Crippen molar-refractivity contribution in [2.24, 2.45) is 0 Å². The highest BCUT2D eigenvalue weighted by atomic mass is 32.2. The zero-order valence-corrected chi connectivity index (χ0v) is 10.3. The van der Waals surface area contributed by atoms with E-state index in [0.717, 1.165) is 50.5 Å². The third-order valence-corrected chi connectivity index (χ3v) is 4.07. The maximum atomic E-state index is 11.9. The molecule has 0 atom stereocenters. The summed E-state index contributed by atoms with van der Waals surface area (Å²) in [6.07, 6.45) is 3.25. The van der Waals surface area contributed by atoms with Crippen LogP contribution in [0.25, 0.3) is 0 Å². The summed E-state index contributed by atoms with van der Waals surface area (Å²) in [7, 11) is 0. The third kappa shape index (κ3) is 2.70. The Kier molecular flexibility index (Phi) is 4.09. The topological polar surface area (TPSA) is 40.6 Å². The van der Waals surface area contributed by atoms with Crippen LogP contribution in [0, 0.1) is 0 Å². The molecule has 0 unspecified atom stereocenters. The van der Waals surface area contributed by atoms with Crippen LogP contribution >= 0.6 is 11.8 Å². The van der Waals surface area contributed by atoms with Crippen molar-refractivity contribution in [2.45, 2.75) is 19.3 Å². The van der Waals surface area contributed by atoms with Crippen molar-refractivity contribution in [3.63, 3.8) is 0 Å². The highest BCUT2D eigenvalue weighted by Gasteiger charge is 2.28. The molecule has 0 radical (unpaired) electrons. The highest BCUT2D eigenvalue weighted by Crippen LogP contribution is 2.13. The first-order valence-corrected chi connectivity index (χ1v) is 7.10. The fourth-order valence-corrected chi connectivity index (χ4v) is 3.04. The summed E-state index contributed by atoms with van der Waals surface area (Å²) in [5.74, 6) is 1.34. The predicted molar refractivity (Wildman–Crippen MR) is 64.3 cm³/mol. The fraction of sp³-hybridized carbons (Fsp3) is 0.818. The molecule has 2 fully saturated rings. The molecule has 2 saturated heterocycles. The molecule has 2 aliphatic rings. The Morgan fingerprint density at radius 2 is 1.25 bits per heavy atom. The Bertz CT molecular complexity index is 243. The quantitative estimate of drug-likeness (QED) is 0.583. The van der Waals surface area contributed by atoms with Crippen molar-refractivity contribution in [3.8, 4) is 0 Å². The van der Waals surface area contributed by atoms with Crippen LogP contribution in [0.2, 0.25) is 0 Å². The minimum Gasteiger partial charge on any atom is -0.334 e. The number of nitrogens with zero attached hydrogens (tertiary/aromatic N) is 2. The van der Waals surface area contributed by atoms with E-state index in [1.807, 2.05) is 11.8 Å². The van der Waals surface area contributed by atoms with E-state index in [-0.39, 0.29) is 11.8 Å². The first-order chi connectivity index (χ1) is 7.79. The van der Waals surface area contributed by atoms with Crippen LogP contribution in [0.5, 0.6) is 0 Å². The predicted octanol–water partition coefficient (Wildman–Crippen LogP) is 0.574. The van der Waals surface area contributed by atoms with Crippen molar-refractivity contribution in [2.75, 3.05) is 37.7 Å². The second kappa shape index (κ2) is 5.57. The Labute approximate surface area is 100 Å². The molecule has 5 heteroatoms. The summed E-state index contributed by atoms with van der Waals surface area (Å²) in [6, 6.07) is 0. The summed E-state index contributed by atoms with van der Waals surface area (Å²) in [6.45, 7) is 2.96. The average molecular weight is 242 g/mol. The van der Waals surface area contributed by atoms with Gasteiger partial charge in [-0.15, -0.1) is 0 Å². The molecule has 0 spiro atoms. The molecule has 0 aromatic rings. The second-order valence-corrected chi connectivity index (χ2v) is 5.48. The molecule has 0 aliphatic carbocycles. The maximum Gasteiger partial charge on any atom is 0.312 e. The lowest BCUT2D eigenvalue weighted by Crippen LogP contribution is -2.49. The van der Waals surface area contributed by atoms with Crippen LogP contribution < -0.4 is 0 Å².